The molecule has 2 N–H and O–H groups in total. The number of methoxy groups -OCH3 is 1. The number of nitrogens with two attached hydrogens (primary N) is 1. The molecule has 0 aromatic heterocycles. The predicted molar refractivity (Wildman–Crippen MR) is 74.7 cm³/mol. The lowest BCUT2D eigenvalue weighted by molar-refractivity contribution is -0.385. The molecular weight excluding hydrogens is 260 g/mol. The zero-order chi connectivity index (χ0) is 14.5. The summed E-state index contributed by atoms with van der Waals surface area (Å²) in [5, 5.41) is 10.8. The second-order valence-electron chi connectivity index (χ2n) is 5.05. The van der Waals surface area contributed by atoms with Crippen molar-refractivity contribution < 1.29 is 14.4 Å². The van der Waals surface area contributed by atoms with Crippen molar-refractivity contribution in [2.45, 2.75) is 44.4 Å². The van der Waals surface area contributed by atoms with Crippen molar-refractivity contribution in [2.24, 2.45) is 5.73 Å². The van der Waals surface area contributed by atoms with Gasteiger partial charge in [-0.05, 0) is 18.9 Å². The highest BCUT2D eigenvalue weighted by Gasteiger charge is 2.23. The molecule has 0 saturated heterocycles. The van der Waals surface area contributed by atoms with E-state index < -0.39 is 4.92 Å². The monoisotopic (exact) mass is 280 g/mol. The van der Waals surface area contributed by atoms with Gasteiger partial charge in [0.1, 0.15) is 5.75 Å². The first kappa shape index (κ1) is 14.7. The lowest BCUT2D eigenvalue weighted by atomic mass is 9.93. The van der Waals surface area contributed by atoms with Crippen molar-refractivity contribution in [1.82, 2.24) is 0 Å². The Balaban J connectivity index is 2.07. The fourth-order valence-corrected chi connectivity index (χ4v) is 2.52. The third kappa shape index (κ3) is 3.46. The Bertz CT molecular complexity index is 478. The molecule has 0 heterocycles. The van der Waals surface area contributed by atoms with E-state index in [1.807, 2.05) is 0 Å². The summed E-state index contributed by atoms with van der Waals surface area (Å²) in [6.07, 6.45) is 4.19. The first-order valence-electron chi connectivity index (χ1n) is 6.80. The van der Waals surface area contributed by atoms with Crippen LogP contribution in [0.1, 0.15) is 31.2 Å². The fourth-order valence-electron chi connectivity index (χ4n) is 2.52. The van der Waals surface area contributed by atoms with Crippen LogP contribution in [0, 0.1) is 10.1 Å². The number of rotatable bonds is 5. The normalized spacial score (nSPS) is 22.5. The van der Waals surface area contributed by atoms with Crippen LogP contribution in [0.15, 0.2) is 18.2 Å². The van der Waals surface area contributed by atoms with Gasteiger partial charge in [0, 0.05) is 23.7 Å². The van der Waals surface area contributed by atoms with E-state index in [1.165, 1.54) is 19.2 Å². The van der Waals surface area contributed by atoms with Crippen LogP contribution >= 0.6 is 0 Å². The molecule has 1 saturated carbocycles. The first-order chi connectivity index (χ1) is 9.61. The summed E-state index contributed by atoms with van der Waals surface area (Å²) in [5.74, 6) is 0.597. The summed E-state index contributed by atoms with van der Waals surface area (Å²) in [6.45, 7) is 0.281. The minimum absolute atomic E-state index is 0.0210. The highest BCUT2D eigenvalue weighted by Crippen LogP contribution is 2.27. The number of hydrogen-bond acceptors (Lipinski definition) is 5. The predicted octanol–water partition coefficient (Wildman–Crippen LogP) is 2.39. The van der Waals surface area contributed by atoms with Crippen molar-refractivity contribution in [3.63, 3.8) is 0 Å². The van der Waals surface area contributed by atoms with Crippen LogP contribution in [0.2, 0.25) is 0 Å². The Morgan fingerprint density at radius 1 is 1.40 bits per heavy atom. The average molecular weight is 280 g/mol. The number of nitro groups is 1. The molecule has 0 radical (unpaired) electrons. The van der Waals surface area contributed by atoms with Gasteiger partial charge in [-0.2, -0.15) is 0 Å². The lowest BCUT2D eigenvalue weighted by Crippen LogP contribution is -2.39. The van der Waals surface area contributed by atoms with E-state index in [1.54, 1.807) is 6.07 Å². The molecule has 110 valence electrons. The van der Waals surface area contributed by atoms with Gasteiger partial charge in [-0.3, -0.25) is 10.1 Å². The molecule has 6 heteroatoms. The first-order valence-corrected chi connectivity index (χ1v) is 6.80. The van der Waals surface area contributed by atoms with E-state index in [0.29, 0.717) is 11.3 Å². The average Bonchev–Trinajstić information content (AvgIpc) is 2.46. The molecule has 0 amide bonds. The van der Waals surface area contributed by atoms with Crippen molar-refractivity contribution >= 4 is 5.69 Å². The second kappa shape index (κ2) is 6.67. The molecule has 1 aromatic rings. The molecule has 0 spiro atoms. The molecule has 1 aliphatic rings. The number of nitro benzene ring substituents is 1. The quantitative estimate of drug-likeness (QED) is 0.661. The molecule has 2 atom stereocenters. The maximum atomic E-state index is 10.8. The van der Waals surface area contributed by atoms with E-state index in [4.69, 9.17) is 15.2 Å². The van der Waals surface area contributed by atoms with Gasteiger partial charge in [-0.15, -0.1) is 0 Å². The zero-order valence-electron chi connectivity index (χ0n) is 11.6. The SMILES string of the molecule is COc1ccc([N+](=O)[O-])cc1COC1CCCCC1N. The summed E-state index contributed by atoms with van der Waals surface area (Å²) in [4.78, 5) is 10.4. The minimum Gasteiger partial charge on any atom is -0.496 e. The summed E-state index contributed by atoms with van der Waals surface area (Å²) in [6, 6.07) is 4.56. The molecule has 1 aromatic carbocycles. The van der Waals surface area contributed by atoms with E-state index in [2.05, 4.69) is 0 Å². The molecule has 1 aliphatic carbocycles. The van der Waals surface area contributed by atoms with Crippen LogP contribution in [0.3, 0.4) is 0 Å². The number of non-ortho nitro benzene ring substituents is 1. The molecule has 20 heavy (non-hydrogen) atoms. The maximum absolute atomic E-state index is 10.8. The van der Waals surface area contributed by atoms with Crippen LogP contribution in [-0.4, -0.2) is 24.2 Å². The van der Waals surface area contributed by atoms with Crippen LogP contribution in [0.4, 0.5) is 5.69 Å². The van der Waals surface area contributed by atoms with Gasteiger partial charge >= 0.3 is 0 Å². The summed E-state index contributed by atoms with van der Waals surface area (Å²) < 4.78 is 11.0. The summed E-state index contributed by atoms with van der Waals surface area (Å²) in [5.41, 5.74) is 6.75. The third-order valence-electron chi connectivity index (χ3n) is 3.68. The van der Waals surface area contributed by atoms with Crippen molar-refractivity contribution in [2.75, 3.05) is 7.11 Å². The zero-order valence-corrected chi connectivity index (χ0v) is 11.6. The number of hydrogen-bond donors (Lipinski definition) is 1. The second-order valence-corrected chi connectivity index (χ2v) is 5.05. The highest BCUT2D eigenvalue weighted by atomic mass is 16.6. The minimum atomic E-state index is -0.421. The number of nitrogens with zero attached hydrogens (tertiary/aromatic N) is 1. The number of ether oxygens (including phenoxy) is 2. The van der Waals surface area contributed by atoms with Crippen LogP contribution < -0.4 is 10.5 Å². The van der Waals surface area contributed by atoms with Gasteiger partial charge in [0.25, 0.3) is 5.69 Å². The number of benzene rings is 1. The Labute approximate surface area is 118 Å². The van der Waals surface area contributed by atoms with Gasteiger partial charge in [0.15, 0.2) is 0 Å². The summed E-state index contributed by atoms with van der Waals surface area (Å²) in [7, 11) is 1.54. The Kier molecular flexibility index (Phi) is 4.92. The molecule has 2 unspecified atom stereocenters. The van der Waals surface area contributed by atoms with Crippen LogP contribution in [0.25, 0.3) is 0 Å². The van der Waals surface area contributed by atoms with Gasteiger partial charge in [-0.25, -0.2) is 0 Å². The van der Waals surface area contributed by atoms with Gasteiger partial charge in [0.05, 0.1) is 24.7 Å². The highest BCUT2D eigenvalue weighted by molar-refractivity contribution is 5.43. The third-order valence-corrected chi connectivity index (χ3v) is 3.68. The Morgan fingerprint density at radius 2 is 2.15 bits per heavy atom. The van der Waals surface area contributed by atoms with E-state index in [0.717, 1.165) is 25.7 Å². The van der Waals surface area contributed by atoms with Crippen LogP contribution in [-0.2, 0) is 11.3 Å². The van der Waals surface area contributed by atoms with Gasteiger partial charge < -0.3 is 15.2 Å². The van der Waals surface area contributed by atoms with Gasteiger partial charge in [0.2, 0.25) is 0 Å². The molecule has 0 bridgehead atoms. The molecule has 1 fully saturated rings. The lowest BCUT2D eigenvalue weighted by Gasteiger charge is -2.28. The maximum Gasteiger partial charge on any atom is 0.270 e. The topological polar surface area (TPSA) is 87.6 Å². The largest absolute Gasteiger partial charge is 0.496 e. The molecule has 0 aliphatic heterocycles. The van der Waals surface area contributed by atoms with E-state index >= 15 is 0 Å². The van der Waals surface area contributed by atoms with Crippen molar-refractivity contribution in [1.29, 1.82) is 0 Å². The Hall–Kier alpha value is -1.66. The molecular formula is C14H20N2O4. The van der Waals surface area contributed by atoms with Crippen molar-refractivity contribution in [3.8, 4) is 5.75 Å². The smallest absolute Gasteiger partial charge is 0.270 e. The Morgan fingerprint density at radius 3 is 2.80 bits per heavy atom. The summed E-state index contributed by atoms with van der Waals surface area (Å²) >= 11 is 0. The molecule has 6 nitrogen and oxygen atoms in total. The molecule has 2 rings (SSSR count). The van der Waals surface area contributed by atoms with Crippen molar-refractivity contribution in [3.05, 3.63) is 33.9 Å². The van der Waals surface area contributed by atoms with Crippen LogP contribution in [0.5, 0.6) is 5.75 Å². The van der Waals surface area contributed by atoms with Gasteiger partial charge in [-0.1, -0.05) is 12.8 Å². The fraction of sp³-hybridized carbons (Fsp3) is 0.571. The standard InChI is InChI=1S/C14H20N2O4/c1-19-13-7-6-11(16(17)18)8-10(13)9-20-14-5-3-2-4-12(14)15/h6-8,12,14H,2-5,9,15H2,1H3. The van der Waals surface area contributed by atoms with E-state index in [-0.39, 0.29) is 24.4 Å². The van der Waals surface area contributed by atoms with E-state index in [9.17, 15) is 10.1 Å².